The molecule has 1 aromatic carbocycles. The lowest BCUT2D eigenvalue weighted by Crippen LogP contribution is -2.25. The topological polar surface area (TPSA) is 111 Å². The Kier molecular flexibility index (Phi) is 3.76. The third kappa shape index (κ3) is 3.26. The van der Waals surface area contributed by atoms with Crippen molar-refractivity contribution in [2.75, 3.05) is 0 Å². The first-order valence-corrected chi connectivity index (χ1v) is 4.77. The number of aryl methyl sites for hydroxylation is 1. The van der Waals surface area contributed by atoms with Crippen molar-refractivity contribution >= 4 is 17.4 Å². The molecule has 0 aliphatic heterocycles. The van der Waals surface area contributed by atoms with Crippen LogP contribution in [0, 0.1) is 17.0 Å². The molecule has 3 N–H and O–H groups in total. The van der Waals surface area contributed by atoms with Gasteiger partial charge in [0.05, 0.1) is 10.6 Å². The van der Waals surface area contributed by atoms with E-state index < -0.39 is 11.0 Å². The van der Waals surface area contributed by atoms with Gasteiger partial charge in [0, 0.05) is 17.2 Å². The molecule has 0 saturated carbocycles. The number of hydrogen-bond donors (Lipinski definition) is 2. The predicted molar refractivity (Wildman–Crippen MR) is 62.8 cm³/mol. The van der Waals surface area contributed by atoms with Crippen LogP contribution in [0.3, 0.4) is 0 Å². The molecule has 0 spiro atoms. The van der Waals surface area contributed by atoms with E-state index in [1.54, 1.807) is 26.0 Å². The Morgan fingerprint density at radius 2 is 2.18 bits per heavy atom. The van der Waals surface area contributed by atoms with Gasteiger partial charge in [0.15, 0.2) is 0 Å². The van der Waals surface area contributed by atoms with Gasteiger partial charge in [-0.15, -0.1) is 0 Å². The van der Waals surface area contributed by atoms with Crippen LogP contribution in [0.4, 0.5) is 10.5 Å². The fourth-order valence-electron chi connectivity index (χ4n) is 1.23. The minimum Gasteiger partial charge on any atom is -0.350 e. The maximum Gasteiger partial charge on any atom is 0.332 e. The number of carbonyl (C=O) groups excluding carboxylic acids is 1. The second kappa shape index (κ2) is 5.06. The first kappa shape index (κ1) is 12.6. The zero-order chi connectivity index (χ0) is 13.0. The lowest BCUT2D eigenvalue weighted by atomic mass is 10.1. The van der Waals surface area contributed by atoms with Gasteiger partial charge >= 0.3 is 6.03 Å². The molecule has 0 bridgehead atoms. The third-order valence-electron chi connectivity index (χ3n) is 2.16. The summed E-state index contributed by atoms with van der Waals surface area (Å²) in [6, 6.07) is 3.92. The van der Waals surface area contributed by atoms with E-state index in [1.165, 1.54) is 6.07 Å². The lowest BCUT2D eigenvalue weighted by molar-refractivity contribution is -0.385. The summed E-state index contributed by atoms with van der Waals surface area (Å²) < 4.78 is 0. The van der Waals surface area contributed by atoms with Crippen LogP contribution in [0.1, 0.15) is 18.1 Å². The summed E-state index contributed by atoms with van der Waals surface area (Å²) in [6.07, 6.45) is 0. The number of nitro benzene ring substituents is 1. The number of urea groups is 1. The highest BCUT2D eigenvalue weighted by molar-refractivity contribution is 5.99. The Hall–Kier alpha value is -2.44. The number of carbonyl (C=O) groups is 1. The zero-order valence-corrected chi connectivity index (χ0v) is 9.43. The van der Waals surface area contributed by atoms with Crippen LogP contribution < -0.4 is 11.2 Å². The molecule has 2 amide bonds. The molecule has 1 aromatic rings. The van der Waals surface area contributed by atoms with Crippen molar-refractivity contribution in [3.05, 3.63) is 39.4 Å². The monoisotopic (exact) mass is 236 g/mol. The van der Waals surface area contributed by atoms with Gasteiger partial charge in [0.2, 0.25) is 0 Å². The Balaban J connectivity index is 3.07. The van der Waals surface area contributed by atoms with Crippen LogP contribution >= 0.6 is 0 Å². The molecule has 1 rings (SSSR count). The maximum absolute atomic E-state index is 10.7. The zero-order valence-electron chi connectivity index (χ0n) is 9.43. The van der Waals surface area contributed by atoms with Gasteiger partial charge in [-0.2, -0.15) is 5.10 Å². The largest absolute Gasteiger partial charge is 0.350 e. The molecule has 0 fully saturated rings. The highest BCUT2D eigenvalue weighted by Gasteiger charge is 2.12. The average molecular weight is 236 g/mol. The molecular weight excluding hydrogens is 224 g/mol. The van der Waals surface area contributed by atoms with Gasteiger partial charge in [0.25, 0.3) is 5.69 Å². The summed E-state index contributed by atoms with van der Waals surface area (Å²) in [5.41, 5.74) is 8.48. The number of amides is 2. The van der Waals surface area contributed by atoms with Gasteiger partial charge in [-0.25, -0.2) is 10.2 Å². The molecular formula is C10H12N4O3. The fraction of sp³-hybridized carbons (Fsp3) is 0.200. The summed E-state index contributed by atoms with van der Waals surface area (Å²) in [4.78, 5) is 20.7. The Bertz CT molecular complexity index is 496. The minimum atomic E-state index is -0.786. The molecule has 0 aliphatic carbocycles. The number of nitrogens with zero attached hydrogens (tertiary/aromatic N) is 2. The van der Waals surface area contributed by atoms with Gasteiger partial charge in [-0.05, 0) is 13.8 Å². The molecule has 0 aliphatic rings. The van der Waals surface area contributed by atoms with Crippen molar-refractivity contribution in [1.82, 2.24) is 5.43 Å². The van der Waals surface area contributed by atoms with Crippen molar-refractivity contribution in [1.29, 1.82) is 0 Å². The minimum absolute atomic E-state index is 0.0103. The van der Waals surface area contributed by atoms with Crippen molar-refractivity contribution < 1.29 is 9.72 Å². The Morgan fingerprint density at radius 1 is 1.53 bits per heavy atom. The summed E-state index contributed by atoms with van der Waals surface area (Å²) >= 11 is 0. The van der Waals surface area contributed by atoms with Crippen LogP contribution in [0.5, 0.6) is 0 Å². The molecule has 17 heavy (non-hydrogen) atoms. The smallest absolute Gasteiger partial charge is 0.332 e. The number of primary amides is 1. The molecule has 0 radical (unpaired) electrons. The van der Waals surface area contributed by atoms with Crippen LogP contribution in [-0.2, 0) is 0 Å². The summed E-state index contributed by atoms with van der Waals surface area (Å²) in [6.45, 7) is 3.26. The van der Waals surface area contributed by atoms with Crippen LogP contribution in [0.2, 0.25) is 0 Å². The van der Waals surface area contributed by atoms with E-state index >= 15 is 0 Å². The molecule has 7 heteroatoms. The van der Waals surface area contributed by atoms with E-state index in [-0.39, 0.29) is 5.69 Å². The van der Waals surface area contributed by atoms with E-state index in [0.29, 0.717) is 16.8 Å². The molecule has 0 saturated heterocycles. The third-order valence-corrected chi connectivity index (χ3v) is 2.16. The van der Waals surface area contributed by atoms with Crippen LogP contribution in [0.15, 0.2) is 23.3 Å². The summed E-state index contributed by atoms with van der Waals surface area (Å²) in [7, 11) is 0. The fourth-order valence-corrected chi connectivity index (χ4v) is 1.23. The Labute approximate surface area is 97.5 Å². The second-order valence-electron chi connectivity index (χ2n) is 3.43. The first-order valence-electron chi connectivity index (χ1n) is 4.77. The molecule has 0 heterocycles. The van der Waals surface area contributed by atoms with E-state index in [9.17, 15) is 14.9 Å². The lowest BCUT2D eigenvalue weighted by Gasteiger charge is -2.02. The number of nitrogens with two attached hydrogens (primary N) is 1. The number of hydrazone groups is 1. The van der Waals surface area contributed by atoms with Crippen molar-refractivity contribution in [2.24, 2.45) is 10.8 Å². The number of rotatable bonds is 3. The van der Waals surface area contributed by atoms with E-state index in [4.69, 9.17) is 5.73 Å². The number of nitrogens with one attached hydrogen (secondary N) is 1. The molecule has 0 aromatic heterocycles. The highest BCUT2D eigenvalue weighted by atomic mass is 16.6. The quantitative estimate of drug-likeness (QED) is 0.468. The van der Waals surface area contributed by atoms with E-state index in [2.05, 4.69) is 10.5 Å². The van der Waals surface area contributed by atoms with Crippen LogP contribution in [-0.4, -0.2) is 16.7 Å². The van der Waals surface area contributed by atoms with E-state index in [1.807, 2.05) is 0 Å². The molecule has 0 atom stereocenters. The first-order chi connectivity index (χ1) is 7.91. The molecule has 0 unspecified atom stereocenters. The normalized spacial score (nSPS) is 11.1. The maximum atomic E-state index is 10.7. The standard InChI is InChI=1S/C10H12N4O3/c1-6-3-4-8(5-9(6)14(16)17)7(2)12-13-10(11)15/h3-5H,1-2H3,(H3,11,13,15)/b12-7+. The summed E-state index contributed by atoms with van der Waals surface area (Å²) in [5, 5.41) is 14.4. The van der Waals surface area contributed by atoms with Gasteiger partial charge < -0.3 is 5.73 Å². The average Bonchev–Trinajstić information content (AvgIpc) is 2.26. The van der Waals surface area contributed by atoms with Crippen molar-refractivity contribution in [3.8, 4) is 0 Å². The van der Waals surface area contributed by atoms with E-state index in [0.717, 1.165) is 0 Å². The number of hydrogen-bond acceptors (Lipinski definition) is 4. The SMILES string of the molecule is C/C(=N\NC(N)=O)c1ccc(C)c([N+](=O)[O-])c1. The summed E-state index contributed by atoms with van der Waals surface area (Å²) in [5.74, 6) is 0. The number of benzene rings is 1. The van der Waals surface area contributed by atoms with Crippen LogP contribution in [0.25, 0.3) is 0 Å². The van der Waals surface area contributed by atoms with Gasteiger partial charge in [0.1, 0.15) is 0 Å². The van der Waals surface area contributed by atoms with Crippen molar-refractivity contribution in [3.63, 3.8) is 0 Å². The Morgan fingerprint density at radius 3 is 2.71 bits per heavy atom. The molecule has 90 valence electrons. The molecule has 7 nitrogen and oxygen atoms in total. The van der Waals surface area contributed by atoms with Crippen molar-refractivity contribution in [2.45, 2.75) is 13.8 Å². The predicted octanol–water partition coefficient (Wildman–Crippen LogP) is 1.30. The highest BCUT2D eigenvalue weighted by Crippen LogP contribution is 2.19. The van der Waals surface area contributed by atoms with Gasteiger partial charge in [-0.3, -0.25) is 10.1 Å². The second-order valence-corrected chi connectivity index (χ2v) is 3.43. The van der Waals surface area contributed by atoms with Gasteiger partial charge in [-0.1, -0.05) is 12.1 Å². The number of nitro groups is 1.